The summed E-state index contributed by atoms with van der Waals surface area (Å²) in [6, 6.07) is 36.1. The number of Topliss-reactive ketones (excluding diaryl/α,β-unsaturated/α-hetero) is 1. The molecular weight excluding hydrogens is 426 g/mol. The number of hydrogen-bond acceptors (Lipinski definition) is 2. The average Bonchev–Trinajstić information content (AvgIpc) is 3.59. The van der Waals surface area contributed by atoms with Crippen LogP contribution in [0.1, 0.15) is 63.5 Å². The largest absolute Gasteiger partial charge is 0.294 e. The van der Waals surface area contributed by atoms with Gasteiger partial charge in [0.05, 0.1) is 11.1 Å². The Hall–Kier alpha value is -3.49. The van der Waals surface area contributed by atoms with E-state index in [1.54, 1.807) is 0 Å². The maximum absolute atomic E-state index is 13.4. The summed E-state index contributed by atoms with van der Waals surface area (Å²) in [7, 11) is 0. The second kappa shape index (κ2) is 9.28. The van der Waals surface area contributed by atoms with Crippen LogP contribution >= 0.6 is 0 Å². The second-order valence-electron chi connectivity index (χ2n) is 9.75. The molecule has 0 amide bonds. The van der Waals surface area contributed by atoms with E-state index in [0.717, 1.165) is 24.0 Å². The van der Waals surface area contributed by atoms with Crippen molar-refractivity contribution in [2.45, 2.75) is 51.1 Å². The van der Waals surface area contributed by atoms with Gasteiger partial charge in [-0.2, -0.15) is 0 Å². The van der Waals surface area contributed by atoms with Gasteiger partial charge in [0.1, 0.15) is 0 Å². The van der Waals surface area contributed by atoms with Gasteiger partial charge in [-0.25, -0.2) is 0 Å². The molecule has 1 aliphatic rings. The predicted octanol–water partition coefficient (Wildman–Crippen LogP) is 7.27. The first-order valence-electron chi connectivity index (χ1n) is 12.6. The quantitative estimate of drug-likeness (QED) is 0.222. The average molecular weight is 460 g/mol. The normalized spacial score (nSPS) is 18.3. The highest BCUT2D eigenvalue weighted by atomic mass is 16.1. The summed E-state index contributed by atoms with van der Waals surface area (Å²) in [5.41, 5.74) is 7.45. The van der Waals surface area contributed by atoms with Crippen molar-refractivity contribution in [1.29, 1.82) is 0 Å². The van der Waals surface area contributed by atoms with Crippen LogP contribution in [0.4, 0.5) is 0 Å². The summed E-state index contributed by atoms with van der Waals surface area (Å²) >= 11 is 0. The van der Waals surface area contributed by atoms with Gasteiger partial charge in [0.25, 0.3) is 0 Å². The number of ketones is 1. The number of carbonyl (C=O) groups is 1. The van der Waals surface area contributed by atoms with Crippen molar-refractivity contribution in [3.8, 4) is 0 Å². The molecular formula is C33H33NO. The van der Waals surface area contributed by atoms with Gasteiger partial charge in [-0.3, -0.25) is 10.1 Å². The first-order valence-corrected chi connectivity index (χ1v) is 12.6. The zero-order valence-electron chi connectivity index (χ0n) is 20.8. The number of aryl methyl sites for hydroxylation is 3. The van der Waals surface area contributed by atoms with Crippen LogP contribution in [0.3, 0.4) is 0 Å². The monoisotopic (exact) mass is 459 g/mol. The number of benzene rings is 4. The molecule has 1 heterocycles. The lowest BCUT2D eigenvalue weighted by Gasteiger charge is -2.26. The highest BCUT2D eigenvalue weighted by Crippen LogP contribution is 2.61. The van der Waals surface area contributed by atoms with E-state index >= 15 is 0 Å². The van der Waals surface area contributed by atoms with Crippen LogP contribution in [-0.2, 0) is 17.5 Å². The highest BCUT2D eigenvalue weighted by molar-refractivity contribution is 5.97. The molecule has 2 heteroatoms. The summed E-state index contributed by atoms with van der Waals surface area (Å²) in [6.07, 6.45) is 2.21. The van der Waals surface area contributed by atoms with Crippen LogP contribution in [-0.4, -0.2) is 5.78 Å². The molecule has 2 nitrogen and oxygen atoms in total. The van der Waals surface area contributed by atoms with Gasteiger partial charge in [0, 0.05) is 12.0 Å². The third kappa shape index (κ3) is 3.92. The number of carbonyl (C=O) groups excluding carboxylic acids is 1. The molecule has 0 aliphatic carbocycles. The van der Waals surface area contributed by atoms with Crippen LogP contribution in [0.25, 0.3) is 0 Å². The van der Waals surface area contributed by atoms with Crippen molar-refractivity contribution in [1.82, 2.24) is 5.32 Å². The minimum Gasteiger partial charge on any atom is -0.294 e. The van der Waals surface area contributed by atoms with Gasteiger partial charge in [0.15, 0.2) is 5.78 Å². The lowest BCUT2D eigenvalue weighted by molar-refractivity contribution is 0.0974. The summed E-state index contributed by atoms with van der Waals surface area (Å²) < 4.78 is 0. The van der Waals surface area contributed by atoms with Crippen LogP contribution in [0.5, 0.6) is 0 Å². The molecule has 1 N–H and O–H groups in total. The molecule has 176 valence electrons. The highest BCUT2D eigenvalue weighted by Gasteiger charge is 2.69. The number of rotatable bonds is 8. The van der Waals surface area contributed by atoms with E-state index in [-0.39, 0.29) is 16.9 Å². The Morgan fingerprint density at radius 3 is 1.91 bits per heavy atom. The van der Waals surface area contributed by atoms with E-state index < -0.39 is 0 Å². The number of nitrogens with one attached hydrogen (secondary N) is 1. The molecule has 1 unspecified atom stereocenters. The Bertz CT molecular complexity index is 1300. The van der Waals surface area contributed by atoms with Crippen LogP contribution < -0.4 is 5.32 Å². The van der Waals surface area contributed by atoms with Gasteiger partial charge in [-0.1, -0.05) is 110 Å². The first-order chi connectivity index (χ1) is 17.0. The Kier molecular flexibility index (Phi) is 6.17. The fraction of sp³-hybridized carbons (Fsp3) is 0.242. The molecule has 0 bridgehead atoms. The van der Waals surface area contributed by atoms with Gasteiger partial charge in [-0.15, -0.1) is 0 Å². The Balaban J connectivity index is 1.63. The van der Waals surface area contributed by atoms with Crippen molar-refractivity contribution in [3.05, 3.63) is 142 Å². The maximum atomic E-state index is 13.4. The van der Waals surface area contributed by atoms with E-state index in [0.29, 0.717) is 6.42 Å². The zero-order chi connectivity index (χ0) is 24.5. The van der Waals surface area contributed by atoms with Gasteiger partial charge in [-0.05, 0) is 60.1 Å². The minimum atomic E-state index is -0.389. The van der Waals surface area contributed by atoms with Crippen LogP contribution in [0, 0.1) is 13.8 Å². The van der Waals surface area contributed by atoms with Crippen LogP contribution in [0.2, 0.25) is 0 Å². The Morgan fingerprint density at radius 1 is 0.743 bits per heavy atom. The molecule has 35 heavy (non-hydrogen) atoms. The molecule has 1 atom stereocenters. The molecule has 0 spiro atoms. The van der Waals surface area contributed by atoms with E-state index in [2.05, 4.69) is 98.0 Å². The van der Waals surface area contributed by atoms with Crippen LogP contribution in [0.15, 0.2) is 103 Å². The maximum Gasteiger partial charge on any atom is 0.163 e. The van der Waals surface area contributed by atoms with E-state index in [1.165, 1.54) is 27.8 Å². The van der Waals surface area contributed by atoms with Crippen molar-refractivity contribution < 1.29 is 4.79 Å². The second-order valence-corrected chi connectivity index (χ2v) is 9.75. The standard InChI is InChI=1S/C33H33NO/c1-4-26-19-20-30(25(3)23-26)32(22-21-31(35)29-18-12-11-13-24(29)2)33(34-32,27-14-7-5-8-15-27)28-16-9-6-10-17-28/h5-20,23,34H,4,21-22H2,1-3H3. The zero-order valence-corrected chi connectivity index (χ0v) is 20.8. The molecule has 0 saturated carbocycles. The fourth-order valence-corrected chi connectivity index (χ4v) is 5.87. The summed E-state index contributed by atoms with van der Waals surface area (Å²) in [5, 5.41) is 3.99. The molecule has 0 aromatic heterocycles. The van der Waals surface area contributed by atoms with Crippen molar-refractivity contribution in [3.63, 3.8) is 0 Å². The Labute approximate surface area is 209 Å². The molecule has 1 saturated heterocycles. The third-order valence-electron chi connectivity index (χ3n) is 7.72. The predicted molar refractivity (Wildman–Crippen MR) is 144 cm³/mol. The first kappa shape index (κ1) is 23.3. The van der Waals surface area contributed by atoms with Crippen molar-refractivity contribution in [2.24, 2.45) is 0 Å². The molecule has 4 aromatic rings. The van der Waals surface area contributed by atoms with Gasteiger partial charge < -0.3 is 0 Å². The van der Waals surface area contributed by atoms with E-state index in [4.69, 9.17) is 0 Å². The summed E-state index contributed by atoms with van der Waals surface area (Å²) in [4.78, 5) is 13.4. The molecule has 0 radical (unpaired) electrons. The molecule has 1 aliphatic heterocycles. The van der Waals surface area contributed by atoms with Crippen molar-refractivity contribution in [2.75, 3.05) is 0 Å². The van der Waals surface area contributed by atoms with E-state index in [1.807, 2.05) is 31.2 Å². The molecule has 5 rings (SSSR count). The lowest BCUT2D eigenvalue weighted by Crippen LogP contribution is -2.26. The third-order valence-corrected chi connectivity index (χ3v) is 7.72. The fourth-order valence-electron chi connectivity index (χ4n) is 5.87. The summed E-state index contributed by atoms with van der Waals surface area (Å²) in [5.74, 6) is 0.203. The minimum absolute atomic E-state index is 0.203. The van der Waals surface area contributed by atoms with Gasteiger partial charge >= 0.3 is 0 Å². The smallest absolute Gasteiger partial charge is 0.163 e. The topological polar surface area (TPSA) is 39.0 Å². The van der Waals surface area contributed by atoms with Crippen molar-refractivity contribution >= 4 is 5.78 Å². The SMILES string of the molecule is CCc1ccc(C2(CCC(=O)c3ccccc3C)NC2(c2ccccc2)c2ccccc2)c(C)c1. The van der Waals surface area contributed by atoms with E-state index in [9.17, 15) is 4.79 Å². The number of hydrogen-bond donors (Lipinski definition) is 1. The van der Waals surface area contributed by atoms with Gasteiger partial charge in [0.2, 0.25) is 0 Å². The lowest BCUT2D eigenvalue weighted by atomic mass is 9.73. The molecule has 1 fully saturated rings. The Morgan fingerprint density at radius 2 is 1.34 bits per heavy atom. The summed E-state index contributed by atoms with van der Waals surface area (Å²) in [6.45, 7) is 6.42. The molecule has 4 aromatic carbocycles.